The molecule has 0 aliphatic heterocycles. The number of aryl methyl sites for hydroxylation is 1. The molecule has 0 N–H and O–H groups in total. The van der Waals surface area contributed by atoms with Crippen molar-refractivity contribution in [2.75, 3.05) is 18.0 Å². The van der Waals surface area contributed by atoms with Crippen LogP contribution >= 0.6 is 24.0 Å². The van der Waals surface area contributed by atoms with Crippen LogP contribution in [0.4, 0.5) is 5.82 Å². The molecule has 1 rings (SSSR count). The highest BCUT2D eigenvalue weighted by molar-refractivity contribution is 6.30. The number of rotatable bonds is 7. The Hall–Kier alpha value is -0.670. The summed E-state index contributed by atoms with van der Waals surface area (Å²) in [6.45, 7) is 7.79. The fraction of sp³-hybridized carbons (Fsp3) is 0.643. The molecule has 0 spiro atoms. The summed E-state index contributed by atoms with van der Waals surface area (Å²) >= 11 is 6.03. The Morgan fingerprint density at radius 2 is 1.89 bits per heavy atom. The second kappa shape index (κ2) is 9.27. The van der Waals surface area contributed by atoms with Crippen molar-refractivity contribution in [3.63, 3.8) is 0 Å². The van der Waals surface area contributed by atoms with Crippen LogP contribution in [0.1, 0.15) is 45.2 Å². The zero-order chi connectivity index (χ0) is 13.5. The largest absolute Gasteiger partial charge is 0.710 e. The van der Waals surface area contributed by atoms with Gasteiger partial charge in [-0.05, 0) is 32.8 Å². The third kappa shape index (κ3) is 5.45. The minimum Gasteiger partial charge on any atom is -0.710 e. The molecule has 3 nitrogen and oxygen atoms in total. The van der Waals surface area contributed by atoms with E-state index in [2.05, 4.69) is 18.7 Å². The van der Waals surface area contributed by atoms with Crippen LogP contribution in [0.15, 0.2) is 12.1 Å². The minimum absolute atomic E-state index is 0. The van der Waals surface area contributed by atoms with E-state index in [-0.39, 0.29) is 12.4 Å². The molecule has 0 radical (unpaired) electrons. The van der Waals surface area contributed by atoms with E-state index >= 15 is 0 Å². The lowest BCUT2D eigenvalue weighted by Crippen LogP contribution is -2.40. The van der Waals surface area contributed by atoms with Gasteiger partial charge in [-0.15, -0.1) is 12.4 Å². The predicted molar refractivity (Wildman–Crippen MR) is 84.4 cm³/mol. The first-order chi connectivity index (χ1) is 8.60. The first-order valence-electron chi connectivity index (χ1n) is 6.74. The van der Waals surface area contributed by atoms with Gasteiger partial charge in [0.1, 0.15) is 5.69 Å². The fourth-order valence-electron chi connectivity index (χ4n) is 2.05. The summed E-state index contributed by atoms with van der Waals surface area (Å²) in [5.74, 6) is 0.666. The summed E-state index contributed by atoms with van der Waals surface area (Å²) in [7, 11) is 0. The van der Waals surface area contributed by atoms with E-state index in [0.717, 1.165) is 24.2 Å². The van der Waals surface area contributed by atoms with Crippen LogP contribution in [0.3, 0.4) is 0 Å². The molecule has 0 bridgehead atoms. The van der Waals surface area contributed by atoms with Crippen LogP contribution in [0.2, 0.25) is 5.02 Å². The lowest BCUT2D eigenvalue weighted by Gasteiger charge is -2.21. The maximum Gasteiger partial charge on any atom is 0.281 e. The van der Waals surface area contributed by atoms with E-state index in [9.17, 15) is 5.21 Å². The number of halogens is 2. The number of hydrogen-bond donors (Lipinski definition) is 0. The molecule has 1 aromatic rings. The highest BCUT2D eigenvalue weighted by Crippen LogP contribution is 2.17. The summed E-state index contributed by atoms with van der Waals surface area (Å²) in [5.41, 5.74) is 0.643. The van der Waals surface area contributed by atoms with Crippen LogP contribution in [-0.2, 0) is 0 Å². The Morgan fingerprint density at radius 1 is 1.21 bits per heavy atom. The lowest BCUT2D eigenvalue weighted by atomic mass is 10.2. The maximum absolute atomic E-state index is 12.0. The summed E-state index contributed by atoms with van der Waals surface area (Å²) in [4.78, 5) is 2.10. The van der Waals surface area contributed by atoms with Crippen LogP contribution < -0.4 is 9.63 Å². The lowest BCUT2D eigenvalue weighted by molar-refractivity contribution is -0.599. The van der Waals surface area contributed by atoms with Crippen molar-refractivity contribution in [1.29, 1.82) is 0 Å². The summed E-state index contributed by atoms with van der Waals surface area (Å²) in [6.07, 6.45) is 4.81. The highest BCUT2D eigenvalue weighted by Gasteiger charge is 2.16. The average Bonchev–Trinajstić information content (AvgIpc) is 2.34. The molecule has 110 valence electrons. The number of hydrogen-bond acceptors (Lipinski definition) is 2. The molecular weight excluding hydrogens is 283 g/mol. The van der Waals surface area contributed by atoms with E-state index in [1.54, 1.807) is 19.1 Å². The Balaban J connectivity index is 0.00000324. The Kier molecular flexibility index (Phi) is 8.94. The van der Waals surface area contributed by atoms with E-state index < -0.39 is 0 Å². The van der Waals surface area contributed by atoms with E-state index in [0.29, 0.717) is 16.5 Å². The molecule has 0 unspecified atom stereocenters. The van der Waals surface area contributed by atoms with Crippen molar-refractivity contribution in [3.05, 3.63) is 28.1 Å². The van der Waals surface area contributed by atoms with Gasteiger partial charge in [-0.1, -0.05) is 31.4 Å². The molecular formula is C14H24Cl2N2O. The molecule has 19 heavy (non-hydrogen) atoms. The topological polar surface area (TPSA) is 30.2 Å². The molecule has 5 heteroatoms. The third-order valence-corrected chi connectivity index (χ3v) is 3.35. The van der Waals surface area contributed by atoms with Crippen molar-refractivity contribution in [3.8, 4) is 0 Å². The highest BCUT2D eigenvalue weighted by atomic mass is 35.5. The Labute approximate surface area is 127 Å². The van der Waals surface area contributed by atoms with Crippen molar-refractivity contribution in [2.24, 2.45) is 0 Å². The van der Waals surface area contributed by atoms with Gasteiger partial charge in [-0.3, -0.25) is 4.90 Å². The molecule has 0 fully saturated rings. The third-order valence-electron chi connectivity index (χ3n) is 3.13. The van der Waals surface area contributed by atoms with Crippen LogP contribution in [0.25, 0.3) is 0 Å². The molecule has 0 aliphatic rings. The minimum atomic E-state index is 0. The Bertz CT molecular complexity index is 386. The number of anilines is 1. The predicted octanol–water partition coefficient (Wildman–Crippen LogP) is 4.11. The van der Waals surface area contributed by atoms with Gasteiger partial charge in [-0.25, -0.2) is 4.73 Å². The second-order valence-electron chi connectivity index (χ2n) is 4.61. The first-order valence-corrected chi connectivity index (χ1v) is 7.12. The van der Waals surface area contributed by atoms with Gasteiger partial charge < -0.3 is 5.21 Å². The van der Waals surface area contributed by atoms with E-state index in [4.69, 9.17) is 11.6 Å². The van der Waals surface area contributed by atoms with Gasteiger partial charge in [0, 0.05) is 6.07 Å². The van der Waals surface area contributed by atoms with Gasteiger partial charge in [0.15, 0.2) is 0 Å². The monoisotopic (exact) mass is 306 g/mol. The molecule has 0 atom stereocenters. The Morgan fingerprint density at radius 3 is 2.47 bits per heavy atom. The van der Waals surface area contributed by atoms with Gasteiger partial charge in [0.25, 0.3) is 5.82 Å². The molecule has 0 aliphatic carbocycles. The summed E-state index contributed by atoms with van der Waals surface area (Å²) in [5, 5.41) is 12.7. The fourth-order valence-corrected chi connectivity index (χ4v) is 2.30. The maximum atomic E-state index is 12.0. The summed E-state index contributed by atoms with van der Waals surface area (Å²) < 4.78 is 0.967. The molecule has 0 aromatic carbocycles. The number of nitrogens with zero attached hydrogens (tertiary/aromatic N) is 2. The SMILES string of the molecule is CCCCCCN(CC)c1cc(Cl)cc(C)[n+]1[O-].Cl. The number of pyridine rings is 1. The molecule has 1 aromatic heterocycles. The smallest absolute Gasteiger partial charge is 0.281 e. The van der Waals surface area contributed by atoms with Crippen molar-refractivity contribution in [1.82, 2.24) is 0 Å². The zero-order valence-corrected chi connectivity index (χ0v) is 13.6. The number of aromatic nitrogens is 1. The van der Waals surface area contributed by atoms with Gasteiger partial charge in [-0.2, -0.15) is 0 Å². The molecule has 0 saturated heterocycles. The first kappa shape index (κ1) is 18.3. The standard InChI is InChI=1S/C14H23ClN2O.ClH/c1-4-6-7-8-9-16(5-2)14-11-13(15)10-12(3)17(14)18;/h10-11H,4-9H2,1-3H3;1H. The normalized spacial score (nSPS) is 10.1. The van der Waals surface area contributed by atoms with Gasteiger partial charge in [0.2, 0.25) is 0 Å². The van der Waals surface area contributed by atoms with Crippen LogP contribution in [-0.4, -0.2) is 13.1 Å². The zero-order valence-electron chi connectivity index (χ0n) is 12.0. The van der Waals surface area contributed by atoms with Gasteiger partial charge >= 0.3 is 0 Å². The molecule has 0 amide bonds. The van der Waals surface area contributed by atoms with Gasteiger partial charge in [0.05, 0.1) is 18.1 Å². The van der Waals surface area contributed by atoms with E-state index in [1.807, 2.05) is 0 Å². The quantitative estimate of drug-likeness (QED) is 0.431. The molecule has 1 heterocycles. The van der Waals surface area contributed by atoms with Crippen molar-refractivity contribution >= 4 is 29.8 Å². The van der Waals surface area contributed by atoms with Crippen LogP contribution in [0, 0.1) is 12.1 Å². The van der Waals surface area contributed by atoms with Crippen molar-refractivity contribution < 1.29 is 4.73 Å². The second-order valence-corrected chi connectivity index (χ2v) is 5.04. The summed E-state index contributed by atoms with van der Waals surface area (Å²) in [6, 6.07) is 3.45. The van der Waals surface area contributed by atoms with Crippen LogP contribution in [0.5, 0.6) is 0 Å². The van der Waals surface area contributed by atoms with E-state index in [1.165, 1.54) is 19.3 Å². The average molecular weight is 307 g/mol. The number of unbranched alkanes of at least 4 members (excludes halogenated alkanes) is 3. The van der Waals surface area contributed by atoms with Crippen molar-refractivity contribution in [2.45, 2.75) is 46.5 Å². The molecule has 0 saturated carbocycles.